The maximum atomic E-state index is 12.0. The van der Waals surface area contributed by atoms with Gasteiger partial charge in [0.15, 0.2) is 0 Å². The van der Waals surface area contributed by atoms with Gasteiger partial charge in [-0.25, -0.2) is 4.79 Å². The second-order valence-electron chi connectivity index (χ2n) is 4.57. The molecule has 2 N–H and O–H groups in total. The Kier molecular flexibility index (Phi) is 3.89. The first-order valence-electron chi connectivity index (χ1n) is 6.15. The molecule has 1 aromatic heterocycles. The van der Waals surface area contributed by atoms with Crippen LogP contribution in [0.4, 0.5) is 0 Å². The second kappa shape index (κ2) is 5.61. The minimum atomic E-state index is -1.13. The smallest absolute Gasteiger partial charge is 0.371 e. The molecular weight excluding hydrogens is 258 g/mol. The lowest BCUT2D eigenvalue weighted by Crippen LogP contribution is -2.23. The summed E-state index contributed by atoms with van der Waals surface area (Å²) in [6.07, 6.45) is 0. The van der Waals surface area contributed by atoms with Crippen LogP contribution in [0.25, 0.3) is 0 Å². The van der Waals surface area contributed by atoms with E-state index in [0.29, 0.717) is 11.3 Å². The summed E-state index contributed by atoms with van der Waals surface area (Å²) in [7, 11) is 0. The maximum absolute atomic E-state index is 12.0. The molecule has 0 aliphatic carbocycles. The molecule has 0 spiro atoms. The van der Waals surface area contributed by atoms with Crippen LogP contribution in [0, 0.1) is 13.8 Å². The van der Waals surface area contributed by atoms with Crippen LogP contribution in [0.5, 0.6) is 0 Å². The molecular formula is C15H15NO4. The molecule has 5 heteroatoms. The third kappa shape index (κ3) is 3.06. The second-order valence-corrected chi connectivity index (χ2v) is 4.57. The fourth-order valence-corrected chi connectivity index (χ4v) is 1.92. The predicted molar refractivity (Wildman–Crippen MR) is 72.8 cm³/mol. The van der Waals surface area contributed by atoms with Gasteiger partial charge in [-0.15, -0.1) is 0 Å². The van der Waals surface area contributed by atoms with Crippen molar-refractivity contribution in [2.24, 2.45) is 0 Å². The molecule has 0 radical (unpaired) electrons. The Hall–Kier alpha value is -2.56. The average Bonchev–Trinajstić information content (AvgIpc) is 2.85. The quantitative estimate of drug-likeness (QED) is 0.897. The first-order chi connectivity index (χ1) is 9.47. The van der Waals surface area contributed by atoms with Crippen molar-refractivity contribution < 1.29 is 19.1 Å². The van der Waals surface area contributed by atoms with Crippen molar-refractivity contribution in [2.45, 2.75) is 20.4 Å². The van der Waals surface area contributed by atoms with Crippen molar-refractivity contribution in [1.29, 1.82) is 0 Å². The van der Waals surface area contributed by atoms with Gasteiger partial charge in [-0.2, -0.15) is 0 Å². The van der Waals surface area contributed by atoms with Crippen LogP contribution in [0.1, 0.15) is 37.8 Å². The number of hydrogen-bond donors (Lipinski definition) is 2. The molecule has 0 saturated carbocycles. The van der Waals surface area contributed by atoms with Crippen LogP contribution in [0.2, 0.25) is 0 Å². The highest BCUT2D eigenvalue weighted by atomic mass is 16.4. The van der Waals surface area contributed by atoms with E-state index in [-0.39, 0.29) is 18.2 Å². The fourth-order valence-electron chi connectivity index (χ4n) is 1.92. The Bertz CT molecular complexity index is 658. The van der Waals surface area contributed by atoms with Crippen LogP contribution < -0.4 is 5.32 Å². The summed E-state index contributed by atoms with van der Waals surface area (Å²) in [6, 6.07) is 8.47. The summed E-state index contributed by atoms with van der Waals surface area (Å²) in [6.45, 7) is 3.99. The first kappa shape index (κ1) is 13.9. The Morgan fingerprint density at radius 3 is 2.55 bits per heavy atom. The number of carbonyl (C=O) groups is 2. The number of furan rings is 1. The number of carboxylic acids is 1. The molecule has 2 rings (SSSR count). The van der Waals surface area contributed by atoms with Crippen molar-refractivity contribution in [3.8, 4) is 0 Å². The molecule has 2 aromatic rings. The molecule has 0 bridgehead atoms. The largest absolute Gasteiger partial charge is 0.475 e. The topological polar surface area (TPSA) is 79.5 Å². The number of carboxylic acid groups (broad SMARTS) is 1. The number of aromatic carboxylic acids is 1. The minimum Gasteiger partial charge on any atom is -0.475 e. The van der Waals surface area contributed by atoms with Gasteiger partial charge in [-0.05, 0) is 37.6 Å². The van der Waals surface area contributed by atoms with Gasteiger partial charge in [0, 0.05) is 5.56 Å². The third-order valence-electron chi connectivity index (χ3n) is 2.92. The lowest BCUT2D eigenvalue weighted by molar-refractivity contribution is 0.0660. The number of carbonyl (C=O) groups excluding carboxylic acids is 1. The van der Waals surface area contributed by atoms with E-state index >= 15 is 0 Å². The van der Waals surface area contributed by atoms with Gasteiger partial charge in [0.1, 0.15) is 5.76 Å². The molecule has 0 atom stereocenters. The van der Waals surface area contributed by atoms with Gasteiger partial charge in [-0.1, -0.05) is 17.7 Å². The Morgan fingerprint density at radius 1 is 1.20 bits per heavy atom. The van der Waals surface area contributed by atoms with E-state index in [1.54, 1.807) is 6.07 Å². The van der Waals surface area contributed by atoms with E-state index in [9.17, 15) is 9.59 Å². The first-order valence-corrected chi connectivity index (χ1v) is 6.15. The van der Waals surface area contributed by atoms with Crippen LogP contribution in [0.15, 0.2) is 34.7 Å². The molecule has 1 aromatic carbocycles. The van der Waals surface area contributed by atoms with Crippen molar-refractivity contribution in [1.82, 2.24) is 5.32 Å². The highest BCUT2D eigenvalue weighted by Crippen LogP contribution is 2.11. The van der Waals surface area contributed by atoms with Gasteiger partial charge >= 0.3 is 5.97 Å². The Balaban J connectivity index is 2.02. The summed E-state index contributed by atoms with van der Waals surface area (Å²) in [5, 5.41) is 11.4. The lowest BCUT2D eigenvalue weighted by atomic mass is 10.1. The van der Waals surface area contributed by atoms with Gasteiger partial charge < -0.3 is 14.8 Å². The zero-order valence-electron chi connectivity index (χ0n) is 11.3. The van der Waals surface area contributed by atoms with Crippen molar-refractivity contribution >= 4 is 11.9 Å². The standard InChI is InChI=1S/C15H15NO4/c1-9-3-5-12(10(2)7-9)14(17)16-8-11-4-6-13(20-11)15(18)19/h3-7H,8H2,1-2H3,(H,16,17)(H,18,19). The number of amides is 1. The SMILES string of the molecule is Cc1ccc(C(=O)NCc2ccc(C(=O)O)o2)c(C)c1. The fraction of sp³-hybridized carbons (Fsp3) is 0.200. The summed E-state index contributed by atoms with van der Waals surface area (Å²) in [5.41, 5.74) is 2.59. The van der Waals surface area contributed by atoms with E-state index in [0.717, 1.165) is 11.1 Å². The maximum Gasteiger partial charge on any atom is 0.371 e. The van der Waals surface area contributed by atoms with E-state index in [4.69, 9.17) is 9.52 Å². The summed E-state index contributed by atoms with van der Waals surface area (Å²) in [5.74, 6) is -1.07. The van der Waals surface area contributed by atoms with Crippen LogP contribution in [-0.2, 0) is 6.54 Å². The van der Waals surface area contributed by atoms with Crippen LogP contribution in [0.3, 0.4) is 0 Å². The average molecular weight is 273 g/mol. The predicted octanol–water partition coefficient (Wildman–Crippen LogP) is 2.52. The monoisotopic (exact) mass is 273 g/mol. The number of nitrogens with one attached hydrogen (secondary N) is 1. The van der Waals surface area contributed by atoms with Crippen molar-refractivity contribution in [3.63, 3.8) is 0 Å². The van der Waals surface area contributed by atoms with E-state index in [2.05, 4.69) is 5.32 Å². The molecule has 0 saturated heterocycles. The van der Waals surface area contributed by atoms with E-state index < -0.39 is 5.97 Å². The van der Waals surface area contributed by atoms with Crippen molar-refractivity contribution in [2.75, 3.05) is 0 Å². The summed E-state index contributed by atoms with van der Waals surface area (Å²) >= 11 is 0. The molecule has 20 heavy (non-hydrogen) atoms. The van der Waals surface area contributed by atoms with Crippen LogP contribution in [-0.4, -0.2) is 17.0 Å². The number of hydrogen-bond acceptors (Lipinski definition) is 3. The molecule has 0 unspecified atom stereocenters. The highest BCUT2D eigenvalue weighted by molar-refractivity contribution is 5.95. The minimum absolute atomic E-state index is 0.138. The molecule has 0 aliphatic rings. The Labute approximate surface area is 116 Å². The Morgan fingerprint density at radius 2 is 1.95 bits per heavy atom. The molecule has 0 aliphatic heterocycles. The summed E-state index contributed by atoms with van der Waals surface area (Å²) < 4.78 is 5.07. The summed E-state index contributed by atoms with van der Waals surface area (Å²) in [4.78, 5) is 22.7. The number of rotatable bonds is 4. The molecule has 104 valence electrons. The highest BCUT2D eigenvalue weighted by Gasteiger charge is 2.12. The van der Waals surface area contributed by atoms with E-state index in [1.165, 1.54) is 12.1 Å². The molecule has 5 nitrogen and oxygen atoms in total. The normalized spacial score (nSPS) is 10.3. The van der Waals surface area contributed by atoms with Gasteiger partial charge in [0.05, 0.1) is 6.54 Å². The zero-order valence-corrected chi connectivity index (χ0v) is 11.3. The zero-order chi connectivity index (χ0) is 14.7. The van der Waals surface area contributed by atoms with Crippen molar-refractivity contribution in [3.05, 3.63) is 58.5 Å². The van der Waals surface area contributed by atoms with Crippen LogP contribution >= 0.6 is 0 Å². The third-order valence-corrected chi connectivity index (χ3v) is 2.92. The molecule has 0 fully saturated rings. The van der Waals surface area contributed by atoms with Gasteiger partial charge in [0.25, 0.3) is 5.91 Å². The van der Waals surface area contributed by atoms with Gasteiger partial charge in [0.2, 0.25) is 5.76 Å². The molecule has 1 heterocycles. The number of benzene rings is 1. The number of aryl methyl sites for hydroxylation is 2. The molecule has 1 amide bonds. The van der Waals surface area contributed by atoms with Gasteiger partial charge in [-0.3, -0.25) is 4.79 Å². The van der Waals surface area contributed by atoms with E-state index in [1.807, 2.05) is 26.0 Å². The lowest BCUT2D eigenvalue weighted by Gasteiger charge is -2.07.